The summed E-state index contributed by atoms with van der Waals surface area (Å²) in [6, 6.07) is 5.80. The third-order valence-corrected chi connectivity index (χ3v) is 3.58. The monoisotopic (exact) mass is 267 g/mol. The van der Waals surface area contributed by atoms with Crippen molar-refractivity contribution in [3.63, 3.8) is 0 Å². The van der Waals surface area contributed by atoms with Crippen LogP contribution in [0, 0.1) is 0 Å². The first-order valence-corrected chi connectivity index (χ1v) is 6.75. The van der Waals surface area contributed by atoms with E-state index in [1.807, 2.05) is 18.2 Å². The molecular formula is C11H14BNO2S2. The van der Waals surface area contributed by atoms with Gasteiger partial charge < -0.3 is 15.0 Å². The second-order valence-corrected chi connectivity index (χ2v) is 6.41. The minimum atomic E-state index is -0.807. The molecule has 1 aliphatic heterocycles. The van der Waals surface area contributed by atoms with Gasteiger partial charge in [-0.25, -0.2) is 0 Å². The maximum Gasteiger partial charge on any atom is 0.491 e. The molecule has 17 heavy (non-hydrogen) atoms. The number of thiocarbonyl (C=S) groups is 1. The second kappa shape index (κ2) is 5.39. The molecule has 0 saturated heterocycles. The summed E-state index contributed by atoms with van der Waals surface area (Å²) in [5.41, 5.74) is 2.75. The highest BCUT2D eigenvalue weighted by Gasteiger charge is 2.27. The first kappa shape index (κ1) is 12.9. The van der Waals surface area contributed by atoms with Gasteiger partial charge in [0.05, 0.1) is 6.61 Å². The number of rotatable bonds is 2. The third-order valence-electron chi connectivity index (χ3n) is 2.40. The summed E-state index contributed by atoms with van der Waals surface area (Å²) >= 11 is 6.84. The smallest absolute Gasteiger partial charge is 0.423 e. The molecule has 1 aromatic carbocycles. The summed E-state index contributed by atoms with van der Waals surface area (Å²) < 4.78 is 5.88. The van der Waals surface area contributed by atoms with E-state index in [1.165, 1.54) is 0 Å². The Morgan fingerprint density at radius 3 is 3.06 bits per heavy atom. The Kier molecular flexibility index (Phi) is 4.09. The van der Waals surface area contributed by atoms with Crippen molar-refractivity contribution >= 4 is 46.6 Å². The molecule has 0 atom stereocenters. The number of hydrogen-bond acceptors (Lipinski definition) is 4. The van der Waals surface area contributed by atoms with Crippen LogP contribution in [0.5, 0.6) is 0 Å². The van der Waals surface area contributed by atoms with Crippen molar-refractivity contribution in [3.05, 3.63) is 23.8 Å². The van der Waals surface area contributed by atoms with Gasteiger partial charge in [-0.15, -0.1) is 0 Å². The van der Waals surface area contributed by atoms with Gasteiger partial charge in [-0.05, 0) is 23.2 Å². The van der Waals surface area contributed by atoms with Crippen molar-refractivity contribution in [3.8, 4) is 0 Å². The van der Waals surface area contributed by atoms with Crippen LogP contribution in [-0.2, 0) is 11.3 Å². The summed E-state index contributed by atoms with van der Waals surface area (Å²) in [4.78, 5) is 0. The summed E-state index contributed by atoms with van der Waals surface area (Å²) in [5, 5.41) is 13.2. The van der Waals surface area contributed by atoms with Crippen LogP contribution in [-0.4, -0.2) is 21.7 Å². The average molecular weight is 267 g/mol. The molecule has 2 N–H and O–H groups in total. The quantitative estimate of drug-likeness (QED) is 0.631. The third kappa shape index (κ3) is 3.22. The lowest BCUT2D eigenvalue weighted by atomic mass is 9.79. The van der Waals surface area contributed by atoms with Gasteiger partial charge in [0, 0.05) is 10.9 Å². The molecular weight excluding hydrogens is 253 g/mol. The summed E-state index contributed by atoms with van der Waals surface area (Å²) in [5.74, 6) is 0. The van der Waals surface area contributed by atoms with Crippen molar-refractivity contribution in [2.24, 2.45) is 0 Å². The Labute approximate surface area is 111 Å². The molecule has 0 saturated carbocycles. The molecule has 6 heteroatoms. The first-order valence-electron chi connectivity index (χ1n) is 5.46. The lowest BCUT2D eigenvalue weighted by Gasteiger charge is -2.10. The SMILES string of the molecule is CC(C)SC(=S)Nc1ccc2c(c1)B(O)OC2. The summed E-state index contributed by atoms with van der Waals surface area (Å²) in [6.07, 6.45) is 0. The predicted octanol–water partition coefficient (Wildman–Crippen LogP) is 1.74. The molecule has 0 aliphatic carbocycles. The normalized spacial score (nSPS) is 14.0. The lowest BCUT2D eigenvalue weighted by Crippen LogP contribution is -2.28. The zero-order valence-electron chi connectivity index (χ0n) is 9.77. The Morgan fingerprint density at radius 2 is 2.35 bits per heavy atom. The minimum absolute atomic E-state index is 0.457. The van der Waals surface area contributed by atoms with E-state index in [-0.39, 0.29) is 0 Å². The van der Waals surface area contributed by atoms with E-state index in [2.05, 4.69) is 19.2 Å². The van der Waals surface area contributed by atoms with E-state index in [1.54, 1.807) is 11.8 Å². The van der Waals surface area contributed by atoms with Crippen molar-refractivity contribution in [1.82, 2.24) is 0 Å². The first-order chi connectivity index (χ1) is 8.06. The number of hydrogen-bond donors (Lipinski definition) is 2. The molecule has 90 valence electrons. The van der Waals surface area contributed by atoms with Crippen LogP contribution in [0.15, 0.2) is 18.2 Å². The summed E-state index contributed by atoms with van der Waals surface area (Å²) in [7, 11) is -0.807. The fourth-order valence-electron chi connectivity index (χ4n) is 1.65. The number of anilines is 1. The largest absolute Gasteiger partial charge is 0.491 e. The van der Waals surface area contributed by atoms with Crippen molar-refractivity contribution in [1.29, 1.82) is 0 Å². The van der Waals surface area contributed by atoms with Crippen LogP contribution in [0.1, 0.15) is 19.4 Å². The van der Waals surface area contributed by atoms with Gasteiger partial charge in [-0.3, -0.25) is 0 Å². The van der Waals surface area contributed by atoms with E-state index >= 15 is 0 Å². The highest BCUT2D eigenvalue weighted by atomic mass is 32.2. The topological polar surface area (TPSA) is 41.5 Å². The molecule has 1 aromatic rings. The Balaban J connectivity index is 2.08. The average Bonchev–Trinajstić information content (AvgIpc) is 2.59. The molecule has 1 aliphatic rings. The number of benzene rings is 1. The van der Waals surface area contributed by atoms with Crippen LogP contribution in [0.3, 0.4) is 0 Å². The van der Waals surface area contributed by atoms with Gasteiger partial charge in [0.25, 0.3) is 0 Å². The van der Waals surface area contributed by atoms with Crippen LogP contribution in [0.4, 0.5) is 5.69 Å². The Morgan fingerprint density at radius 1 is 1.59 bits per heavy atom. The summed E-state index contributed by atoms with van der Waals surface area (Å²) in [6.45, 7) is 4.67. The van der Waals surface area contributed by atoms with Crippen molar-refractivity contribution in [2.75, 3.05) is 5.32 Å². The Hall–Kier alpha value is -0.555. The van der Waals surface area contributed by atoms with Gasteiger partial charge in [0.15, 0.2) is 0 Å². The molecule has 2 rings (SSSR count). The molecule has 0 fully saturated rings. The van der Waals surface area contributed by atoms with Crippen molar-refractivity contribution in [2.45, 2.75) is 25.7 Å². The molecule has 0 unspecified atom stereocenters. The maximum absolute atomic E-state index is 9.60. The molecule has 0 spiro atoms. The van der Waals surface area contributed by atoms with Gasteiger partial charge in [0.2, 0.25) is 0 Å². The number of fused-ring (bicyclic) bond motifs is 1. The highest BCUT2D eigenvalue weighted by molar-refractivity contribution is 8.23. The zero-order chi connectivity index (χ0) is 12.4. The van der Waals surface area contributed by atoms with E-state index in [0.717, 1.165) is 21.0 Å². The van der Waals surface area contributed by atoms with E-state index in [0.29, 0.717) is 11.9 Å². The van der Waals surface area contributed by atoms with Gasteiger partial charge in [-0.2, -0.15) is 0 Å². The van der Waals surface area contributed by atoms with Crippen LogP contribution >= 0.6 is 24.0 Å². The standard InChI is InChI=1S/C11H14BNO2S2/c1-7(2)17-11(16)13-9-4-3-8-6-15-12(14)10(8)5-9/h3-5,7,14H,6H2,1-2H3,(H,13,16). The molecule has 0 aromatic heterocycles. The fraction of sp³-hybridized carbons (Fsp3) is 0.364. The molecule has 0 bridgehead atoms. The molecule has 3 nitrogen and oxygen atoms in total. The van der Waals surface area contributed by atoms with E-state index in [9.17, 15) is 5.02 Å². The fourth-order valence-corrected chi connectivity index (χ4v) is 2.95. The van der Waals surface area contributed by atoms with Gasteiger partial charge in [-0.1, -0.05) is 43.9 Å². The Bertz CT molecular complexity index is 439. The van der Waals surface area contributed by atoms with Crippen LogP contribution in [0.2, 0.25) is 0 Å². The minimum Gasteiger partial charge on any atom is -0.423 e. The van der Waals surface area contributed by atoms with Crippen LogP contribution in [0.25, 0.3) is 0 Å². The second-order valence-electron chi connectivity index (χ2n) is 4.16. The van der Waals surface area contributed by atoms with E-state index < -0.39 is 7.12 Å². The maximum atomic E-state index is 9.60. The van der Waals surface area contributed by atoms with Gasteiger partial charge >= 0.3 is 7.12 Å². The molecule has 1 heterocycles. The molecule has 0 amide bonds. The highest BCUT2D eigenvalue weighted by Crippen LogP contribution is 2.18. The predicted molar refractivity (Wildman–Crippen MR) is 77.8 cm³/mol. The van der Waals surface area contributed by atoms with Gasteiger partial charge in [0.1, 0.15) is 4.32 Å². The van der Waals surface area contributed by atoms with Crippen LogP contribution < -0.4 is 10.8 Å². The molecule has 0 radical (unpaired) electrons. The zero-order valence-corrected chi connectivity index (χ0v) is 11.4. The van der Waals surface area contributed by atoms with Crippen molar-refractivity contribution < 1.29 is 9.68 Å². The van der Waals surface area contributed by atoms with E-state index in [4.69, 9.17) is 16.9 Å². The number of nitrogens with one attached hydrogen (secondary N) is 1. The number of thioether (sulfide) groups is 1. The lowest BCUT2D eigenvalue weighted by molar-refractivity contribution is 0.275.